The van der Waals surface area contributed by atoms with E-state index < -0.39 is 23.7 Å². The van der Waals surface area contributed by atoms with Crippen LogP contribution in [0.15, 0.2) is 72.9 Å². The fraction of sp³-hybridized carbons (Fsp3) is 0.185. The molecule has 8 heteroatoms. The summed E-state index contributed by atoms with van der Waals surface area (Å²) in [6.45, 7) is 2.33. The Morgan fingerprint density at radius 2 is 1.63 bits per heavy atom. The molecule has 1 unspecified atom stereocenters. The largest absolute Gasteiger partial charge is 0.344 e. The zero-order valence-corrected chi connectivity index (χ0v) is 18.9. The maximum Gasteiger partial charge on any atom is 0.250 e. The molecule has 3 aromatic carbocycles. The number of ether oxygens (including phenoxy) is 1. The van der Waals surface area contributed by atoms with Crippen LogP contribution >= 0.6 is 0 Å². The smallest absolute Gasteiger partial charge is 0.250 e. The van der Waals surface area contributed by atoms with Crippen LogP contribution in [0.1, 0.15) is 22.9 Å². The van der Waals surface area contributed by atoms with Gasteiger partial charge in [0.05, 0.1) is 5.69 Å². The molecule has 5 rings (SSSR count). The van der Waals surface area contributed by atoms with Gasteiger partial charge in [0, 0.05) is 29.9 Å². The van der Waals surface area contributed by atoms with E-state index in [-0.39, 0.29) is 18.2 Å². The summed E-state index contributed by atoms with van der Waals surface area (Å²) < 4.78 is 48.5. The fourth-order valence-electron chi connectivity index (χ4n) is 4.16. The number of carbonyl (C=O) groups is 1. The molecule has 178 valence electrons. The quantitative estimate of drug-likeness (QED) is 0.375. The molecule has 0 bridgehead atoms. The van der Waals surface area contributed by atoms with Crippen LogP contribution in [0, 0.1) is 24.4 Å². The number of halogens is 3. The number of carbonyl (C=O) groups excluding carboxylic acids is 1. The summed E-state index contributed by atoms with van der Waals surface area (Å²) in [5.41, 5.74) is 3.95. The third-order valence-corrected chi connectivity index (χ3v) is 5.97. The molecular formula is C27H22F3N3O2. The number of aromatic nitrogens is 2. The third kappa shape index (κ3) is 4.83. The Hall–Kier alpha value is -3.91. The van der Waals surface area contributed by atoms with E-state index in [9.17, 15) is 18.0 Å². The van der Waals surface area contributed by atoms with Crippen molar-refractivity contribution in [3.05, 3.63) is 107 Å². The van der Waals surface area contributed by atoms with Crippen molar-refractivity contribution in [2.45, 2.75) is 19.6 Å². The summed E-state index contributed by atoms with van der Waals surface area (Å²) >= 11 is 0. The molecule has 1 aromatic heterocycles. The molecule has 0 aliphatic carbocycles. The van der Waals surface area contributed by atoms with Gasteiger partial charge in [0.15, 0.2) is 6.23 Å². The SMILES string of the molecule is Cc1ccc(CCN2C(=O)COC2c2cn(-c3cc(F)cc(F)c3)nc2-c2ccc(F)cc2)cc1. The van der Waals surface area contributed by atoms with Gasteiger partial charge in [-0.25, -0.2) is 17.9 Å². The minimum atomic E-state index is -0.750. The van der Waals surface area contributed by atoms with Gasteiger partial charge in [-0.2, -0.15) is 5.10 Å². The number of hydrogen-bond donors (Lipinski definition) is 0. The first-order valence-corrected chi connectivity index (χ1v) is 11.2. The Balaban J connectivity index is 1.53. The lowest BCUT2D eigenvalue weighted by Crippen LogP contribution is -2.30. The highest BCUT2D eigenvalue weighted by Gasteiger charge is 2.36. The van der Waals surface area contributed by atoms with Crippen LogP contribution < -0.4 is 0 Å². The van der Waals surface area contributed by atoms with Crippen LogP contribution in [0.2, 0.25) is 0 Å². The molecule has 0 radical (unpaired) electrons. The van der Waals surface area contributed by atoms with E-state index in [1.54, 1.807) is 23.2 Å². The van der Waals surface area contributed by atoms with Crippen molar-refractivity contribution in [2.75, 3.05) is 13.2 Å². The lowest BCUT2D eigenvalue weighted by atomic mass is 10.1. The molecule has 0 N–H and O–H groups in total. The molecule has 1 amide bonds. The molecular weight excluding hydrogens is 455 g/mol. The van der Waals surface area contributed by atoms with Gasteiger partial charge in [0.25, 0.3) is 5.91 Å². The first kappa shape index (κ1) is 22.9. The van der Waals surface area contributed by atoms with Crippen molar-refractivity contribution in [3.63, 3.8) is 0 Å². The Labute approximate surface area is 200 Å². The summed E-state index contributed by atoms with van der Waals surface area (Å²) in [4.78, 5) is 14.3. The number of aryl methyl sites for hydroxylation is 1. The van der Waals surface area contributed by atoms with Crippen LogP contribution in [-0.2, 0) is 16.0 Å². The Morgan fingerprint density at radius 3 is 2.31 bits per heavy atom. The van der Waals surface area contributed by atoms with Gasteiger partial charge in [0.2, 0.25) is 0 Å². The van der Waals surface area contributed by atoms with Crippen molar-refractivity contribution in [1.29, 1.82) is 0 Å². The van der Waals surface area contributed by atoms with Crippen LogP contribution in [0.25, 0.3) is 16.9 Å². The van der Waals surface area contributed by atoms with Crippen LogP contribution in [0.4, 0.5) is 13.2 Å². The average Bonchev–Trinajstić information content (AvgIpc) is 3.42. The summed E-state index contributed by atoms with van der Waals surface area (Å²) in [5, 5.41) is 4.54. The molecule has 1 aliphatic rings. The van der Waals surface area contributed by atoms with Gasteiger partial charge in [0.1, 0.15) is 29.8 Å². The Kier molecular flexibility index (Phi) is 6.13. The number of amides is 1. The minimum absolute atomic E-state index is 0.0960. The molecule has 1 atom stereocenters. The predicted molar refractivity (Wildman–Crippen MR) is 124 cm³/mol. The van der Waals surface area contributed by atoms with E-state index in [0.717, 1.165) is 29.3 Å². The summed E-state index contributed by atoms with van der Waals surface area (Å²) in [7, 11) is 0. The van der Waals surface area contributed by atoms with E-state index >= 15 is 0 Å². The molecule has 2 heterocycles. The van der Waals surface area contributed by atoms with Crippen molar-refractivity contribution in [3.8, 4) is 16.9 Å². The van der Waals surface area contributed by atoms with Gasteiger partial charge in [-0.3, -0.25) is 4.79 Å². The molecule has 0 saturated carbocycles. The van der Waals surface area contributed by atoms with Crippen LogP contribution in [0.5, 0.6) is 0 Å². The first-order chi connectivity index (χ1) is 16.9. The molecule has 4 aromatic rings. The minimum Gasteiger partial charge on any atom is -0.344 e. The van der Waals surface area contributed by atoms with E-state index in [4.69, 9.17) is 4.74 Å². The van der Waals surface area contributed by atoms with E-state index in [2.05, 4.69) is 5.10 Å². The fourth-order valence-corrected chi connectivity index (χ4v) is 4.16. The van der Waals surface area contributed by atoms with Gasteiger partial charge < -0.3 is 9.64 Å². The second-order valence-electron chi connectivity index (χ2n) is 8.50. The first-order valence-electron chi connectivity index (χ1n) is 11.2. The van der Waals surface area contributed by atoms with Crippen LogP contribution in [-0.4, -0.2) is 33.7 Å². The average molecular weight is 477 g/mol. The molecule has 35 heavy (non-hydrogen) atoms. The maximum atomic E-state index is 13.9. The Bertz CT molecular complexity index is 1350. The van der Waals surface area contributed by atoms with Crippen molar-refractivity contribution in [1.82, 2.24) is 14.7 Å². The molecule has 0 spiro atoms. The molecule has 5 nitrogen and oxygen atoms in total. The second kappa shape index (κ2) is 9.38. The summed E-state index contributed by atoms with van der Waals surface area (Å²) in [6.07, 6.45) is 1.47. The van der Waals surface area contributed by atoms with Crippen molar-refractivity contribution >= 4 is 5.91 Å². The molecule has 1 fully saturated rings. The summed E-state index contributed by atoms with van der Waals surface area (Å²) in [5.74, 6) is -2.06. The standard InChI is InChI=1S/C27H22F3N3O2/c1-17-2-4-18(5-3-17)10-11-32-25(34)16-35-27(32)24-15-33(23-13-21(29)12-22(30)14-23)31-26(24)19-6-8-20(28)9-7-19/h2-9,12-15,27H,10-11,16H2,1H3. The van der Waals surface area contributed by atoms with Crippen molar-refractivity contribution in [2.24, 2.45) is 0 Å². The van der Waals surface area contributed by atoms with E-state index in [1.165, 1.54) is 16.8 Å². The predicted octanol–water partition coefficient (Wildman–Crippen LogP) is 5.37. The third-order valence-electron chi connectivity index (χ3n) is 5.97. The Morgan fingerprint density at radius 1 is 0.943 bits per heavy atom. The normalized spacial score (nSPS) is 15.7. The van der Waals surface area contributed by atoms with Gasteiger partial charge in [-0.1, -0.05) is 29.8 Å². The maximum absolute atomic E-state index is 13.9. The van der Waals surface area contributed by atoms with E-state index in [0.29, 0.717) is 29.8 Å². The molecule has 1 aliphatic heterocycles. The van der Waals surface area contributed by atoms with Gasteiger partial charge in [-0.15, -0.1) is 0 Å². The number of benzene rings is 3. The topological polar surface area (TPSA) is 47.4 Å². The number of nitrogens with zero attached hydrogens (tertiary/aromatic N) is 3. The zero-order valence-electron chi connectivity index (χ0n) is 18.9. The van der Waals surface area contributed by atoms with Gasteiger partial charge >= 0.3 is 0 Å². The highest BCUT2D eigenvalue weighted by Crippen LogP contribution is 2.35. The highest BCUT2D eigenvalue weighted by atomic mass is 19.1. The molecule has 1 saturated heterocycles. The summed E-state index contributed by atoms with van der Waals surface area (Å²) in [6, 6.07) is 16.9. The number of hydrogen-bond acceptors (Lipinski definition) is 3. The van der Waals surface area contributed by atoms with E-state index in [1.807, 2.05) is 31.2 Å². The zero-order chi connectivity index (χ0) is 24.5. The lowest BCUT2D eigenvalue weighted by molar-refractivity contribution is -0.128. The highest BCUT2D eigenvalue weighted by molar-refractivity contribution is 5.80. The number of rotatable bonds is 6. The van der Waals surface area contributed by atoms with Gasteiger partial charge in [-0.05, 0) is 55.3 Å². The second-order valence-corrected chi connectivity index (χ2v) is 8.50. The lowest BCUT2D eigenvalue weighted by Gasteiger charge is -2.23. The van der Waals surface area contributed by atoms with Crippen LogP contribution in [0.3, 0.4) is 0 Å². The van der Waals surface area contributed by atoms with Crippen molar-refractivity contribution < 1.29 is 22.7 Å². The monoisotopic (exact) mass is 477 g/mol.